The van der Waals surface area contributed by atoms with Gasteiger partial charge in [0, 0.05) is 17.7 Å². The number of imide groups is 1. The molecule has 1 aliphatic rings. The third-order valence-corrected chi connectivity index (χ3v) is 4.43. The molecule has 1 aromatic carbocycles. The number of hydrogen-bond acceptors (Lipinski definition) is 6. The van der Waals surface area contributed by atoms with E-state index in [0.717, 1.165) is 4.90 Å². The number of carbonyl (C=O) groups is 2. The minimum atomic E-state index is -1.29. The van der Waals surface area contributed by atoms with E-state index >= 15 is 0 Å². The van der Waals surface area contributed by atoms with Gasteiger partial charge in [-0.15, -0.1) is 0 Å². The predicted molar refractivity (Wildman–Crippen MR) is 85.5 cm³/mol. The average molecular weight is 344 g/mol. The molecule has 25 heavy (non-hydrogen) atoms. The second-order valence-electron chi connectivity index (χ2n) is 6.05. The van der Waals surface area contributed by atoms with Crippen LogP contribution in [0, 0.1) is 24.0 Å². The van der Waals surface area contributed by atoms with Gasteiger partial charge in [-0.05, 0) is 38.5 Å². The van der Waals surface area contributed by atoms with Crippen molar-refractivity contribution >= 4 is 17.6 Å². The van der Waals surface area contributed by atoms with E-state index in [0.29, 0.717) is 22.6 Å². The zero-order valence-electron chi connectivity index (χ0n) is 13.9. The molecule has 9 heteroatoms. The van der Waals surface area contributed by atoms with Crippen molar-refractivity contribution in [1.29, 1.82) is 0 Å². The number of urea groups is 1. The minimum Gasteiger partial charge on any atom is -0.361 e. The molecule has 2 aromatic rings. The van der Waals surface area contributed by atoms with Gasteiger partial charge in [-0.2, -0.15) is 0 Å². The molecule has 1 aliphatic heterocycles. The second-order valence-corrected chi connectivity index (χ2v) is 6.05. The summed E-state index contributed by atoms with van der Waals surface area (Å²) in [6.45, 7) is 5.07. The molecule has 9 nitrogen and oxygen atoms in total. The van der Waals surface area contributed by atoms with E-state index in [1.807, 2.05) is 0 Å². The van der Waals surface area contributed by atoms with Crippen LogP contribution in [0.5, 0.6) is 0 Å². The van der Waals surface area contributed by atoms with E-state index in [4.69, 9.17) is 4.52 Å². The van der Waals surface area contributed by atoms with E-state index in [2.05, 4.69) is 10.5 Å². The summed E-state index contributed by atoms with van der Waals surface area (Å²) in [6.07, 6.45) is 0. The monoisotopic (exact) mass is 344 g/mol. The molecule has 0 unspecified atom stereocenters. The Balaban J connectivity index is 1.90. The van der Waals surface area contributed by atoms with Crippen molar-refractivity contribution in [2.45, 2.75) is 32.9 Å². The highest BCUT2D eigenvalue weighted by molar-refractivity contribution is 6.07. The maximum absolute atomic E-state index is 12.9. The van der Waals surface area contributed by atoms with Crippen LogP contribution in [0.3, 0.4) is 0 Å². The van der Waals surface area contributed by atoms with Gasteiger partial charge in [0.1, 0.15) is 11.3 Å². The van der Waals surface area contributed by atoms with Gasteiger partial charge >= 0.3 is 6.03 Å². The number of aromatic nitrogens is 1. The van der Waals surface area contributed by atoms with Gasteiger partial charge in [0.2, 0.25) is 0 Å². The minimum absolute atomic E-state index is 0.0500. The number of nitrogens with zero attached hydrogens (tertiary/aromatic N) is 3. The third kappa shape index (κ3) is 2.63. The fraction of sp³-hybridized carbons (Fsp3) is 0.312. The van der Waals surface area contributed by atoms with Crippen molar-refractivity contribution in [2.24, 2.45) is 0 Å². The molecule has 3 rings (SSSR count). The number of hydrogen-bond donors (Lipinski definition) is 1. The molecule has 3 amide bonds. The maximum Gasteiger partial charge on any atom is 0.325 e. The number of benzene rings is 1. The lowest BCUT2D eigenvalue weighted by Crippen LogP contribution is -2.40. The molecule has 1 saturated heterocycles. The molecule has 0 bridgehead atoms. The van der Waals surface area contributed by atoms with E-state index in [1.54, 1.807) is 20.8 Å². The van der Waals surface area contributed by atoms with Crippen LogP contribution in [0.1, 0.15) is 29.5 Å². The van der Waals surface area contributed by atoms with E-state index in [1.165, 1.54) is 24.3 Å². The first-order valence-corrected chi connectivity index (χ1v) is 7.55. The van der Waals surface area contributed by atoms with Crippen molar-refractivity contribution in [1.82, 2.24) is 15.4 Å². The summed E-state index contributed by atoms with van der Waals surface area (Å²) in [7, 11) is 0. The van der Waals surface area contributed by atoms with E-state index in [9.17, 15) is 19.7 Å². The number of rotatable bonds is 4. The quantitative estimate of drug-likeness (QED) is 0.516. The number of aryl methyl sites for hydroxylation is 2. The molecule has 0 aliphatic carbocycles. The number of amides is 3. The van der Waals surface area contributed by atoms with Crippen LogP contribution in [0.2, 0.25) is 0 Å². The lowest BCUT2D eigenvalue weighted by molar-refractivity contribution is -0.384. The molecule has 0 saturated carbocycles. The van der Waals surface area contributed by atoms with Crippen molar-refractivity contribution in [3.63, 3.8) is 0 Å². The van der Waals surface area contributed by atoms with Crippen LogP contribution in [0.15, 0.2) is 28.8 Å². The number of nitrogens with one attached hydrogen (secondary N) is 1. The van der Waals surface area contributed by atoms with Crippen LogP contribution in [0.25, 0.3) is 0 Å². The highest BCUT2D eigenvalue weighted by Gasteiger charge is 2.49. The van der Waals surface area contributed by atoms with Crippen molar-refractivity contribution in [3.8, 4) is 0 Å². The molecule has 1 atom stereocenters. The number of non-ortho nitro benzene ring substituents is 1. The molecule has 1 N–H and O–H groups in total. The molecule has 0 radical (unpaired) electrons. The van der Waals surface area contributed by atoms with Crippen LogP contribution in [0.4, 0.5) is 10.5 Å². The number of carbonyl (C=O) groups excluding carboxylic acids is 2. The SMILES string of the molecule is Cc1noc(C)c1CN1C(=O)N[C@](C)(c2ccc([N+](=O)[O-])cc2)C1=O. The third-order valence-electron chi connectivity index (χ3n) is 4.43. The number of nitro groups is 1. The summed E-state index contributed by atoms with van der Waals surface area (Å²) in [5.74, 6) is 0.105. The van der Waals surface area contributed by atoms with Gasteiger partial charge < -0.3 is 9.84 Å². The van der Waals surface area contributed by atoms with Crippen LogP contribution >= 0.6 is 0 Å². The topological polar surface area (TPSA) is 119 Å². The van der Waals surface area contributed by atoms with E-state index < -0.39 is 22.4 Å². The normalized spacial score (nSPS) is 20.0. The predicted octanol–water partition coefficient (Wildman–Crippen LogP) is 2.17. The molecule has 1 fully saturated rings. The lowest BCUT2D eigenvalue weighted by Gasteiger charge is -2.22. The molecule has 0 spiro atoms. The summed E-state index contributed by atoms with van der Waals surface area (Å²) in [5.41, 5.74) is 0.387. The molecule has 130 valence electrons. The first-order chi connectivity index (χ1) is 11.7. The highest BCUT2D eigenvalue weighted by atomic mass is 16.6. The summed E-state index contributed by atoms with van der Waals surface area (Å²) in [4.78, 5) is 36.5. The zero-order chi connectivity index (χ0) is 18.4. The maximum atomic E-state index is 12.9. The van der Waals surface area contributed by atoms with Crippen molar-refractivity contribution in [2.75, 3.05) is 0 Å². The molecular weight excluding hydrogens is 328 g/mol. The Morgan fingerprint density at radius 2 is 1.92 bits per heavy atom. The van der Waals surface area contributed by atoms with Gasteiger partial charge in [0.15, 0.2) is 0 Å². The van der Waals surface area contributed by atoms with E-state index in [-0.39, 0.29) is 12.2 Å². The molecule has 1 aromatic heterocycles. The second kappa shape index (κ2) is 5.69. The Labute approximate surface area is 142 Å². The van der Waals surface area contributed by atoms with Gasteiger partial charge in [-0.3, -0.25) is 19.8 Å². The molecule has 2 heterocycles. The smallest absolute Gasteiger partial charge is 0.325 e. The Bertz CT molecular complexity index is 854. The first-order valence-electron chi connectivity index (χ1n) is 7.55. The van der Waals surface area contributed by atoms with Gasteiger partial charge in [-0.25, -0.2) is 4.79 Å². The van der Waals surface area contributed by atoms with Crippen LogP contribution in [-0.2, 0) is 16.9 Å². The van der Waals surface area contributed by atoms with Gasteiger partial charge in [-0.1, -0.05) is 5.16 Å². The van der Waals surface area contributed by atoms with Crippen LogP contribution < -0.4 is 5.32 Å². The van der Waals surface area contributed by atoms with Crippen molar-refractivity contribution < 1.29 is 19.0 Å². The highest BCUT2D eigenvalue weighted by Crippen LogP contribution is 2.31. The standard InChI is InChI=1S/C16H16N4O5/c1-9-13(10(2)25-18-9)8-19-14(21)16(3,17-15(19)22)11-4-6-12(7-5-11)20(23)24/h4-7H,8H2,1-3H3,(H,17,22)/t16-/m1/s1. The van der Waals surface area contributed by atoms with Gasteiger partial charge in [0.05, 0.1) is 17.2 Å². The summed E-state index contributed by atoms with van der Waals surface area (Å²) in [6, 6.07) is 5.00. The lowest BCUT2D eigenvalue weighted by atomic mass is 9.92. The Morgan fingerprint density at radius 1 is 1.28 bits per heavy atom. The van der Waals surface area contributed by atoms with Crippen molar-refractivity contribution in [3.05, 3.63) is 57.0 Å². The Kier molecular flexibility index (Phi) is 3.78. The first kappa shape index (κ1) is 16.6. The summed E-state index contributed by atoms with van der Waals surface area (Å²) in [5, 5.41) is 17.3. The average Bonchev–Trinajstić information content (AvgIpc) is 3.00. The van der Waals surface area contributed by atoms with Crippen LogP contribution in [-0.4, -0.2) is 26.9 Å². The summed E-state index contributed by atoms with van der Waals surface area (Å²) < 4.78 is 5.06. The molecular formula is C16H16N4O5. The largest absolute Gasteiger partial charge is 0.361 e. The summed E-state index contributed by atoms with van der Waals surface area (Å²) >= 11 is 0. The zero-order valence-corrected chi connectivity index (χ0v) is 13.9. The Hall–Kier alpha value is -3.23. The fourth-order valence-corrected chi connectivity index (χ4v) is 2.84. The number of nitro benzene ring substituents is 1. The fourth-order valence-electron chi connectivity index (χ4n) is 2.84. The van der Waals surface area contributed by atoms with Gasteiger partial charge in [0.25, 0.3) is 11.6 Å². The Morgan fingerprint density at radius 3 is 2.44 bits per heavy atom.